The van der Waals surface area contributed by atoms with Crippen molar-refractivity contribution < 1.29 is 4.92 Å². The second-order valence-corrected chi connectivity index (χ2v) is 4.54. The molecule has 1 aliphatic rings. The van der Waals surface area contributed by atoms with E-state index in [0.29, 0.717) is 16.8 Å². The third-order valence-electron chi connectivity index (χ3n) is 2.59. The molecule has 0 aromatic heterocycles. The molecule has 0 spiro atoms. The predicted molar refractivity (Wildman–Crippen MR) is 70.2 cm³/mol. The molecule has 1 aromatic rings. The van der Waals surface area contributed by atoms with E-state index in [9.17, 15) is 10.1 Å². The van der Waals surface area contributed by atoms with Crippen LogP contribution in [0.3, 0.4) is 0 Å². The van der Waals surface area contributed by atoms with Crippen molar-refractivity contribution in [2.45, 2.75) is 25.8 Å². The zero-order valence-electron chi connectivity index (χ0n) is 9.40. The maximum Gasteiger partial charge on any atom is 0.271 e. The minimum absolute atomic E-state index is 0.0623. The van der Waals surface area contributed by atoms with Gasteiger partial charge in [-0.3, -0.25) is 10.1 Å². The molecule has 2 N–H and O–H groups in total. The lowest BCUT2D eigenvalue weighted by atomic mass is 10.2. The van der Waals surface area contributed by atoms with Crippen LogP contribution in [0, 0.1) is 17.0 Å². The number of benzene rings is 1. The van der Waals surface area contributed by atoms with E-state index in [2.05, 4.69) is 10.6 Å². The second-order valence-electron chi connectivity index (χ2n) is 4.13. The minimum atomic E-state index is -0.415. The Hall–Kier alpha value is -1.69. The van der Waals surface area contributed by atoms with E-state index in [0.717, 1.165) is 18.4 Å². The van der Waals surface area contributed by atoms with Crippen molar-refractivity contribution >= 4 is 28.7 Å². The van der Waals surface area contributed by atoms with E-state index >= 15 is 0 Å². The van der Waals surface area contributed by atoms with Gasteiger partial charge in [0.2, 0.25) is 0 Å². The Labute approximate surface area is 104 Å². The van der Waals surface area contributed by atoms with Gasteiger partial charge in [0.15, 0.2) is 5.11 Å². The maximum absolute atomic E-state index is 10.7. The number of nitrogens with zero attached hydrogens (tertiary/aromatic N) is 1. The van der Waals surface area contributed by atoms with Crippen LogP contribution in [0.15, 0.2) is 18.2 Å². The van der Waals surface area contributed by atoms with Crippen LogP contribution in [0.4, 0.5) is 11.4 Å². The molecule has 0 saturated heterocycles. The highest BCUT2D eigenvalue weighted by Crippen LogP contribution is 2.23. The largest absolute Gasteiger partial charge is 0.360 e. The maximum atomic E-state index is 10.7. The van der Waals surface area contributed by atoms with Gasteiger partial charge in [-0.1, -0.05) is 6.07 Å². The molecule has 0 atom stereocenters. The normalized spacial score (nSPS) is 14.2. The average Bonchev–Trinajstić information content (AvgIpc) is 3.04. The van der Waals surface area contributed by atoms with Crippen molar-refractivity contribution in [2.75, 3.05) is 5.32 Å². The molecule has 0 heterocycles. The summed E-state index contributed by atoms with van der Waals surface area (Å²) in [7, 11) is 0. The first-order valence-electron chi connectivity index (χ1n) is 5.39. The molecule has 1 saturated carbocycles. The monoisotopic (exact) mass is 251 g/mol. The number of anilines is 1. The van der Waals surface area contributed by atoms with Gasteiger partial charge in [-0.15, -0.1) is 0 Å². The summed E-state index contributed by atoms with van der Waals surface area (Å²) < 4.78 is 0. The summed E-state index contributed by atoms with van der Waals surface area (Å²) >= 11 is 5.13. The van der Waals surface area contributed by atoms with Crippen LogP contribution in [-0.4, -0.2) is 16.1 Å². The van der Waals surface area contributed by atoms with Gasteiger partial charge in [-0.05, 0) is 37.5 Å². The number of aryl methyl sites for hydroxylation is 1. The summed E-state index contributed by atoms with van der Waals surface area (Å²) in [5.74, 6) is 0. The molecule has 0 radical (unpaired) electrons. The fourth-order valence-corrected chi connectivity index (χ4v) is 1.71. The van der Waals surface area contributed by atoms with Crippen molar-refractivity contribution in [3.05, 3.63) is 33.9 Å². The van der Waals surface area contributed by atoms with Crippen LogP contribution in [0.25, 0.3) is 0 Å². The Morgan fingerprint density at radius 1 is 1.53 bits per heavy atom. The summed E-state index contributed by atoms with van der Waals surface area (Å²) in [5, 5.41) is 17.3. The Kier molecular flexibility index (Phi) is 3.23. The molecule has 1 aliphatic carbocycles. The fourth-order valence-electron chi connectivity index (χ4n) is 1.43. The highest BCUT2D eigenvalue weighted by atomic mass is 32.1. The molecular formula is C11H13N3O2S. The van der Waals surface area contributed by atoms with E-state index in [1.807, 2.05) is 6.92 Å². The van der Waals surface area contributed by atoms with Crippen molar-refractivity contribution in [1.29, 1.82) is 0 Å². The molecule has 17 heavy (non-hydrogen) atoms. The van der Waals surface area contributed by atoms with Crippen LogP contribution in [0.2, 0.25) is 0 Å². The highest BCUT2D eigenvalue weighted by Gasteiger charge is 2.22. The number of nitro groups is 1. The number of nitrogens with one attached hydrogen (secondary N) is 2. The van der Waals surface area contributed by atoms with Crippen molar-refractivity contribution in [2.24, 2.45) is 0 Å². The van der Waals surface area contributed by atoms with Gasteiger partial charge in [0.25, 0.3) is 5.69 Å². The van der Waals surface area contributed by atoms with Crippen LogP contribution in [0.5, 0.6) is 0 Å². The van der Waals surface area contributed by atoms with E-state index in [4.69, 9.17) is 12.2 Å². The van der Waals surface area contributed by atoms with E-state index in [-0.39, 0.29) is 5.69 Å². The average molecular weight is 251 g/mol. The lowest BCUT2D eigenvalue weighted by Gasteiger charge is -2.11. The number of thiocarbonyl (C=S) groups is 1. The van der Waals surface area contributed by atoms with Gasteiger partial charge in [0.1, 0.15) is 0 Å². The smallest absolute Gasteiger partial charge is 0.271 e. The standard InChI is InChI=1S/C11H13N3O2S/c1-7-2-5-9(14(15)16)6-10(7)13-11(17)12-8-3-4-8/h2,5-6,8H,3-4H2,1H3,(H2,12,13,17). The summed E-state index contributed by atoms with van der Waals surface area (Å²) in [6, 6.07) is 5.16. The number of rotatable bonds is 3. The number of nitro benzene ring substituents is 1. The zero-order valence-corrected chi connectivity index (χ0v) is 10.2. The molecule has 6 heteroatoms. The van der Waals surface area contributed by atoms with Crippen LogP contribution in [0.1, 0.15) is 18.4 Å². The first-order valence-corrected chi connectivity index (χ1v) is 5.79. The molecule has 0 bridgehead atoms. The summed E-state index contributed by atoms with van der Waals surface area (Å²) in [4.78, 5) is 10.3. The summed E-state index contributed by atoms with van der Waals surface area (Å²) in [6.07, 6.45) is 2.27. The van der Waals surface area contributed by atoms with Gasteiger partial charge < -0.3 is 10.6 Å². The first kappa shape index (κ1) is 11.8. The van der Waals surface area contributed by atoms with Crippen LogP contribution < -0.4 is 10.6 Å². The molecule has 5 nitrogen and oxygen atoms in total. The lowest BCUT2D eigenvalue weighted by Crippen LogP contribution is -2.30. The molecule has 0 amide bonds. The zero-order chi connectivity index (χ0) is 12.4. The van der Waals surface area contributed by atoms with Crippen LogP contribution in [-0.2, 0) is 0 Å². The third kappa shape index (κ3) is 3.13. The fraction of sp³-hybridized carbons (Fsp3) is 0.364. The molecule has 1 aromatic carbocycles. The van der Waals surface area contributed by atoms with Crippen molar-refractivity contribution in [3.8, 4) is 0 Å². The van der Waals surface area contributed by atoms with Crippen molar-refractivity contribution in [3.63, 3.8) is 0 Å². The van der Waals surface area contributed by atoms with E-state index in [1.54, 1.807) is 6.07 Å². The Bertz CT molecular complexity index is 472. The van der Waals surface area contributed by atoms with Crippen molar-refractivity contribution in [1.82, 2.24) is 5.32 Å². The van der Waals surface area contributed by atoms with E-state index in [1.165, 1.54) is 12.1 Å². The number of non-ortho nitro benzene ring substituents is 1. The Balaban J connectivity index is 2.09. The molecule has 2 rings (SSSR count). The number of hydrogen-bond acceptors (Lipinski definition) is 3. The Morgan fingerprint density at radius 2 is 2.24 bits per heavy atom. The molecule has 0 unspecified atom stereocenters. The van der Waals surface area contributed by atoms with Gasteiger partial charge in [0.05, 0.1) is 4.92 Å². The quantitative estimate of drug-likeness (QED) is 0.490. The molecule has 1 fully saturated rings. The van der Waals surface area contributed by atoms with Crippen LogP contribution >= 0.6 is 12.2 Å². The van der Waals surface area contributed by atoms with E-state index < -0.39 is 4.92 Å². The molecular weight excluding hydrogens is 238 g/mol. The van der Waals surface area contributed by atoms with Gasteiger partial charge >= 0.3 is 0 Å². The summed E-state index contributed by atoms with van der Waals surface area (Å²) in [5.41, 5.74) is 1.67. The SMILES string of the molecule is Cc1ccc([N+](=O)[O-])cc1NC(=S)NC1CC1. The lowest BCUT2D eigenvalue weighted by molar-refractivity contribution is -0.384. The molecule has 90 valence electrons. The Morgan fingerprint density at radius 3 is 2.82 bits per heavy atom. The predicted octanol–water partition coefficient (Wildman–Crippen LogP) is 2.35. The third-order valence-corrected chi connectivity index (χ3v) is 2.81. The van der Waals surface area contributed by atoms with Gasteiger partial charge in [0, 0.05) is 23.9 Å². The molecule has 0 aliphatic heterocycles. The summed E-state index contributed by atoms with van der Waals surface area (Å²) in [6.45, 7) is 1.88. The highest BCUT2D eigenvalue weighted by molar-refractivity contribution is 7.80. The van der Waals surface area contributed by atoms with Gasteiger partial charge in [-0.25, -0.2) is 0 Å². The van der Waals surface area contributed by atoms with Gasteiger partial charge in [-0.2, -0.15) is 0 Å². The first-order chi connectivity index (χ1) is 8.06. The number of hydrogen-bond donors (Lipinski definition) is 2. The topological polar surface area (TPSA) is 67.2 Å². The minimum Gasteiger partial charge on any atom is -0.360 e. The second kappa shape index (κ2) is 4.67.